The number of likely N-dealkylation sites (tertiary alicyclic amines) is 1. The molecule has 1 heterocycles. The monoisotopic (exact) mass is 351 g/mol. The van der Waals surface area contributed by atoms with Crippen LogP contribution in [-0.4, -0.2) is 52.3 Å². The van der Waals surface area contributed by atoms with E-state index >= 15 is 0 Å². The number of ether oxygens (including phenoxy) is 1. The Morgan fingerprint density at radius 3 is 2.58 bits per heavy atom. The van der Waals surface area contributed by atoms with Gasteiger partial charge in [-0.3, -0.25) is 9.69 Å². The number of nitrogens with zero attached hydrogens (tertiary/aromatic N) is 1. The van der Waals surface area contributed by atoms with Crippen molar-refractivity contribution in [3.05, 3.63) is 35.9 Å². The van der Waals surface area contributed by atoms with Crippen LogP contribution in [0.15, 0.2) is 30.3 Å². The zero-order valence-electron chi connectivity index (χ0n) is 14.4. The molecule has 24 heavy (non-hydrogen) atoms. The summed E-state index contributed by atoms with van der Waals surface area (Å²) in [4.78, 5) is 26.6. The van der Waals surface area contributed by atoms with Gasteiger partial charge in [-0.2, -0.15) is 11.8 Å². The minimum Gasteiger partial charge on any atom is -0.464 e. The molecular weight excluding hydrogens is 326 g/mol. The van der Waals surface area contributed by atoms with E-state index in [1.807, 2.05) is 36.6 Å². The van der Waals surface area contributed by atoms with Crippen molar-refractivity contribution in [2.75, 3.05) is 18.6 Å². The zero-order valence-corrected chi connectivity index (χ0v) is 15.2. The molecule has 0 radical (unpaired) electrons. The Morgan fingerprint density at radius 2 is 2.04 bits per heavy atom. The van der Waals surface area contributed by atoms with Gasteiger partial charge in [0.25, 0.3) is 0 Å². The van der Waals surface area contributed by atoms with E-state index in [-0.39, 0.29) is 18.4 Å². The zero-order chi connectivity index (χ0) is 17.7. The molecule has 0 spiro atoms. The van der Waals surface area contributed by atoms with Crippen LogP contribution in [0.25, 0.3) is 0 Å². The summed E-state index contributed by atoms with van der Waals surface area (Å²) in [5, 5.41) is 10.5. The van der Waals surface area contributed by atoms with Gasteiger partial charge < -0.3 is 9.84 Å². The molecule has 1 N–H and O–H groups in total. The van der Waals surface area contributed by atoms with E-state index in [9.17, 15) is 14.7 Å². The second-order valence-corrected chi connectivity index (χ2v) is 6.94. The number of aliphatic hydroxyl groups excluding tert-OH is 1. The number of aliphatic hydroxyl groups is 1. The van der Waals surface area contributed by atoms with Gasteiger partial charge in [0.15, 0.2) is 5.54 Å². The van der Waals surface area contributed by atoms with E-state index in [2.05, 4.69) is 0 Å². The largest absolute Gasteiger partial charge is 0.464 e. The molecule has 1 aromatic rings. The van der Waals surface area contributed by atoms with E-state index in [0.717, 1.165) is 5.56 Å². The summed E-state index contributed by atoms with van der Waals surface area (Å²) in [7, 11) is 0. The second kappa shape index (κ2) is 8.03. The fourth-order valence-electron chi connectivity index (χ4n) is 3.68. The molecule has 2 rings (SSSR count). The predicted octanol–water partition coefficient (Wildman–Crippen LogP) is 2.40. The van der Waals surface area contributed by atoms with E-state index in [4.69, 9.17) is 4.74 Å². The molecule has 5 nitrogen and oxygen atoms in total. The summed E-state index contributed by atoms with van der Waals surface area (Å²) >= 11 is 1.61. The molecule has 0 saturated carbocycles. The number of thioether (sulfide) groups is 1. The van der Waals surface area contributed by atoms with Crippen molar-refractivity contribution in [3.8, 4) is 0 Å². The molecule has 1 aliphatic heterocycles. The summed E-state index contributed by atoms with van der Waals surface area (Å²) in [5.41, 5.74) is -0.222. The lowest BCUT2D eigenvalue weighted by Crippen LogP contribution is -2.58. The summed E-state index contributed by atoms with van der Waals surface area (Å²) < 4.78 is 5.35. The SMILES string of the molecule is CCOC(=O)[C@@]1(CCSC)C(c2ccccc2)CC(O)N1C(C)=O. The van der Waals surface area contributed by atoms with E-state index in [1.54, 1.807) is 18.7 Å². The maximum absolute atomic E-state index is 13.0. The van der Waals surface area contributed by atoms with Crippen LogP contribution >= 0.6 is 11.8 Å². The molecule has 1 aromatic carbocycles. The van der Waals surface area contributed by atoms with Crippen molar-refractivity contribution in [1.29, 1.82) is 0 Å². The van der Waals surface area contributed by atoms with Gasteiger partial charge in [-0.05, 0) is 30.9 Å². The van der Waals surface area contributed by atoms with Gasteiger partial charge in [-0.15, -0.1) is 0 Å². The van der Waals surface area contributed by atoms with Gasteiger partial charge >= 0.3 is 5.97 Å². The maximum atomic E-state index is 13.0. The minimum absolute atomic E-state index is 0.239. The Labute approximate surface area is 147 Å². The Morgan fingerprint density at radius 1 is 1.38 bits per heavy atom. The number of hydrogen-bond acceptors (Lipinski definition) is 5. The Hall–Kier alpha value is -1.53. The van der Waals surface area contributed by atoms with Gasteiger partial charge in [0.1, 0.15) is 6.23 Å². The van der Waals surface area contributed by atoms with Crippen LogP contribution in [0.2, 0.25) is 0 Å². The quantitative estimate of drug-likeness (QED) is 0.797. The highest BCUT2D eigenvalue weighted by molar-refractivity contribution is 7.98. The molecule has 0 bridgehead atoms. The fourth-order valence-corrected chi connectivity index (χ4v) is 4.20. The molecule has 132 valence electrons. The molecule has 1 amide bonds. The lowest BCUT2D eigenvalue weighted by Gasteiger charge is -2.40. The van der Waals surface area contributed by atoms with Gasteiger partial charge in [-0.1, -0.05) is 30.3 Å². The summed E-state index contributed by atoms with van der Waals surface area (Å²) in [6, 6.07) is 9.60. The van der Waals surface area contributed by atoms with Crippen LogP contribution in [0.3, 0.4) is 0 Å². The lowest BCUT2D eigenvalue weighted by atomic mass is 9.77. The number of carbonyl (C=O) groups excluding carboxylic acids is 2. The third kappa shape index (κ3) is 3.30. The van der Waals surface area contributed by atoms with Crippen LogP contribution in [0, 0.1) is 0 Å². The number of hydrogen-bond donors (Lipinski definition) is 1. The third-order valence-corrected chi connectivity index (χ3v) is 5.22. The van der Waals surface area contributed by atoms with Crippen LogP contribution < -0.4 is 0 Å². The first kappa shape index (κ1) is 18.8. The lowest BCUT2D eigenvalue weighted by molar-refractivity contribution is -0.168. The van der Waals surface area contributed by atoms with Crippen molar-refractivity contribution in [2.45, 2.75) is 44.4 Å². The summed E-state index contributed by atoms with van der Waals surface area (Å²) in [6.45, 7) is 3.38. The van der Waals surface area contributed by atoms with E-state index < -0.39 is 17.7 Å². The fraction of sp³-hybridized carbons (Fsp3) is 0.556. The van der Waals surface area contributed by atoms with Crippen LogP contribution in [-0.2, 0) is 14.3 Å². The van der Waals surface area contributed by atoms with Crippen molar-refractivity contribution < 1.29 is 19.4 Å². The standard InChI is InChI=1S/C18H25NO4S/c1-4-23-17(22)18(10-11-24-3)15(14-8-6-5-7-9-14)12-16(21)19(18)13(2)20/h5-9,15-16,21H,4,10-12H2,1-3H3/t15?,16?,18-/m1/s1. The summed E-state index contributed by atoms with van der Waals surface area (Å²) in [6.07, 6.45) is 1.75. The Kier molecular flexibility index (Phi) is 6.29. The third-order valence-electron chi connectivity index (χ3n) is 4.61. The van der Waals surface area contributed by atoms with Crippen LogP contribution in [0.4, 0.5) is 0 Å². The van der Waals surface area contributed by atoms with E-state index in [0.29, 0.717) is 18.6 Å². The van der Waals surface area contributed by atoms with Crippen molar-refractivity contribution in [1.82, 2.24) is 4.90 Å². The highest BCUT2D eigenvalue weighted by Gasteiger charge is 2.60. The molecule has 1 fully saturated rings. The highest BCUT2D eigenvalue weighted by atomic mass is 32.2. The molecule has 3 atom stereocenters. The average molecular weight is 351 g/mol. The number of esters is 1. The minimum atomic E-state index is -1.16. The highest BCUT2D eigenvalue weighted by Crippen LogP contribution is 2.48. The van der Waals surface area contributed by atoms with Gasteiger partial charge in [-0.25, -0.2) is 4.79 Å². The number of rotatable bonds is 6. The molecule has 0 aromatic heterocycles. The maximum Gasteiger partial charge on any atom is 0.332 e. The van der Waals surface area contributed by atoms with Gasteiger partial charge in [0, 0.05) is 19.3 Å². The molecule has 2 unspecified atom stereocenters. The van der Waals surface area contributed by atoms with Gasteiger partial charge in [0.05, 0.1) is 6.61 Å². The smallest absolute Gasteiger partial charge is 0.332 e. The normalized spacial score (nSPS) is 26.4. The molecule has 0 aliphatic carbocycles. The molecule has 1 aliphatic rings. The van der Waals surface area contributed by atoms with Crippen molar-refractivity contribution >= 4 is 23.6 Å². The molecule has 1 saturated heterocycles. The first-order valence-corrected chi connectivity index (χ1v) is 9.57. The van der Waals surface area contributed by atoms with E-state index in [1.165, 1.54) is 11.8 Å². The Balaban J connectivity index is 2.57. The predicted molar refractivity (Wildman–Crippen MR) is 94.7 cm³/mol. The first-order chi connectivity index (χ1) is 11.5. The molecular formula is C18H25NO4S. The second-order valence-electron chi connectivity index (χ2n) is 5.96. The topological polar surface area (TPSA) is 66.8 Å². The number of amides is 1. The number of carbonyl (C=O) groups is 2. The van der Waals surface area contributed by atoms with Crippen molar-refractivity contribution in [2.24, 2.45) is 0 Å². The molecule has 6 heteroatoms. The van der Waals surface area contributed by atoms with Gasteiger partial charge in [0.2, 0.25) is 5.91 Å². The number of benzene rings is 1. The van der Waals surface area contributed by atoms with Crippen LogP contribution in [0.5, 0.6) is 0 Å². The first-order valence-electron chi connectivity index (χ1n) is 8.18. The summed E-state index contributed by atoms with van der Waals surface area (Å²) in [5.74, 6) is -0.336. The van der Waals surface area contributed by atoms with Crippen LogP contribution in [0.1, 0.15) is 38.2 Å². The van der Waals surface area contributed by atoms with Crippen molar-refractivity contribution in [3.63, 3.8) is 0 Å². The Bertz CT molecular complexity index is 580. The average Bonchev–Trinajstić information content (AvgIpc) is 2.87.